The normalized spacial score (nSPS) is 23.8. The average molecular weight is 204 g/mol. The van der Waals surface area contributed by atoms with E-state index in [4.69, 9.17) is 0 Å². The standard InChI is InChI=1S/C7H17O3P.Na.H/c1-11(8,9,10)7-5-3-2-4-6-7;;/h7-10H,2-6H2,1H3;;. The molecule has 1 rings (SSSR count). The third-order valence-corrected chi connectivity index (χ3v) is 4.66. The topological polar surface area (TPSA) is 60.7 Å². The van der Waals surface area contributed by atoms with E-state index in [1.165, 1.54) is 6.66 Å². The van der Waals surface area contributed by atoms with Gasteiger partial charge in [-0.15, -0.1) is 0 Å². The van der Waals surface area contributed by atoms with Crippen molar-refractivity contribution in [3.05, 3.63) is 0 Å². The molecule has 1 aliphatic carbocycles. The van der Waals surface area contributed by atoms with Crippen LogP contribution in [-0.4, -0.2) is 56.6 Å². The zero-order valence-corrected chi connectivity index (χ0v) is 7.80. The SMILES string of the molecule is CP(O)(O)(O)C1CCCCC1.[NaH]. The number of hydrogen-bond acceptors (Lipinski definition) is 3. The van der Waals surface area contributed by atoms with Crippen LogP contribution in [0.3, 0.4) is 0 Å². The zero-order valence-electron chi connectivity index (χ0n) is 6.90. The Bertz CT molecular complexity index is 139. The van der Waals surface area contributed by atoms with Crippen molar-refractivity contribution in [3.8, 4) is 0 Å². The molecule has 0 saturated heterocycles. The van der Waals surface area contributed by atoms with Crippen LogP contribution in [-0.2, 0) is 0 Å². The summed E-state index contributed by atoms with van der Waals surface area (Å²) in [5.74, 6) is 0. The van der Waals surface area contributed by atoms with Gasteiger partial charge >= 0.3 is 95.9 Å². The molecule has 1 fully saturated rings. The average Bonchev–Trinajstić information content (AvgIpc) is 1.86. The minimum atomic E-state index is -4.21. The quantitative estimate of drug-likeness (QED) is 0.432. The molecule has 5 heteroatoms. The fourth-order valence-electron chi connectivity index (χ4n) is 1.69. The van der Waals surface area contributed by atoms with E-state index >= 15 is 0 Å². The monoisotopic (exact) mass is 204 g/mol. The van der Waals surface area contributed by atoms with Gasteiger partial charge in [-0.1, -0.05) is 0 Å². The second-order valence-electron chi connectivity index (χ2n) is 3.76. The fraction of sp³-hybridized carbons (Fsp3) is 1.00. The molecule has 3 N–H and O–H groups in total. The van der Waals surface area contributed by atoms with Gasteiger partial charge < -0.3 is 0 Å². The fourth-order valence-corrected chi connectivity index (χ4v) is 3.26. The molecule has 12 heavy (non-hydrogen) atoms. The van der Waals surface area contributed by atoms with Gasteiger partial charge in [-0.2, -0.15) is 0 Å². The molecule has 3 nitrogen and oxygen atoms in total. The second-order valence-corrected chi connectivity index (χ2v) is 7.44. The first-order chi connectivity index (χ1) is 4.86. The van der Waals surface area contributed by atoms with Gasteiger partial charge in [0.05, 0.1) is 0 Å². The van der Waals surface area contributed by atoms with E-state index in [1.54, 1.807) is 0 Å². The van der Waals surface area contributed by atoms with E-state index in [1.807, 2.05) is 0 Å². The van der Waals surface area contributed by atoms with Gasteiger partial charge in [-0.3, -0.25) is 0 Å². The van der Waals surface area contributed by atoms with Gasteiger partial charge in [0.25, 0.3) is 0 Å². The van der Waals surface area contributed by atoms with Gasteiger partial charge in [0.1, 0.15) is 0 Å². The Morgan fingerprint density at radius 1 is 1.00 bits per heavy atom. The van der Waals surface area contributed by atoms with Crippen molar-refractivity contribution in [2.75, 3.05) is 6.66 Å². The summed E-state index contributed by atoms with van der Waals surface area (Å²) in [5.41, 5.74) is -0.255. The van der Waals surface area contributed by atoms with Crippen LogP contribution in [0.15, 0.2) is 0 Å². The van der Waals surface area contributed by atoms with Gasteiger partial charge in [-0.05, 0) is 0 Å². The molecule has 0 unspecified atom stereocenters. The Morgan fingerprint density at radius 3 is 1.67 bits per heavy atom. The maximum absolute atomic E-state index is 9.35. The molecule has 0 bridgehead atoms. The molecule has 0 atom stereocenters. The Morgan fingerprint density at radius 2 is 1.42 bits per heavy atom. The molecule has 0 aromatic rings. The van der Waals surface area contributed by atoms with Crippen LogP contribution in [0.25, 0.3) is 0 Å². The van der Waals surface area contributed by atoms with Crippen molar-refractivity contribution >= 4 is 36.8 Å². The van der Waals surface area contributed by atoms with Gasteiger partial charge in [0, 0.05) is 0 Å². The summed E-state index contributed by atoms with van der Waals surface area (Å²) in [6.07, 6.45) is 4.70. The Hall–Kier alpha value is 1.31. The van der Waals surface area contributed by atoms with E-state index in [9.17, 15) is 14.7 Å². The third-order valence-electron chi connectivity index (χ3n) is 2.43. The molecule has 0 spiro atoms. The summed E-state index contributed by atoms with van der Waals surface area (Å²) in [5, 5.41) is 0. The van der Waals surface area contributed by atoms with E-state index in [0.29, 0.717) is 0 Å². The Balaban J connectivity index is 0.00000121. The second kappa shape index (κ2) is 4.22. The molecule has 0 aromatic carbocycles. The summed E-state index contributed by atoms with van der Waals surface area (Å²) < 4.78 is 0. The summed E-state index contributed by atoms with van der Waals surface area (Å²) >= 11 is 0. The molecule has 0 amide bonds. The maximum atomic E-state index is 9.35. The first-order valence-electron chi connectivity index (χ1n) is 4.12. The first-order valence-corrected chi connectivity index (χ1v) is 6.73. The molecule has 0 heterocycles. The van der Waals surface area contributed by atoms with Crippen molar-refractivity contribution < 1.29 is 14.7 Å². The van der Waals surface area contributed by atoms with Crippen molar-refractivity contribution in [1.82, 2.24) is 0 Å². The first kappa shape index (κ1) is 13.3. The molecule has 0 aliphatic heterocycles. The Kier molecular flexibility index (Phi) is 4.68. The van der Waals surface area contributed by atoms with Crippen molar-refractivity contribution in [3.63, 3.8) is 0 Å². The van der Waals surface area contributed by atoms with E-state index in [-0.39, 0.29) is 35.2 Å². The van der Waals surface area contributed by atoms with Gasteiger partial charge in [0.15, 0.2) is 0 Å². The van der Waals surface area contributed by atoms with E-state index < -0.39 is 7.28 Å². The van der Waals surface area contributed by atoms with Crippen LogP contribution >= 0.6 is 7.28 Å². The van der Waals surface area contributed by atoms with Crippen molar-refractivity contribution in [1.29, 1.82) is 0 Å². The molecule has 1 aliphatic rings. The molecular weight excluding hydrogens is 186 g/mol. The van der Waals surface area contributed by atoms with Gasteiger partial charge in [0.2, 0.25) is 0 Å². The van der Waals surface area contributed by atoms with Crippen LogP contribution in [0.1, 0.15) is 32.1 Å². The molecule has 0 radical (unpaired) electrons. The predicted octanol–water partition coefficient (Wildman–Crippen LogP) is 0.576. The Labute approximate surface area is 95.6 Å². The molecular formula is C7H18NaO3P. The summed E-state index contributed by atoms with van der Waals surface area (Å²) in [6, 6.07) is 0. The van der Waals surface area contributed by atoms with Gasteiger partial charge in [-0.25, -0.2) is 0 Å². The summed E-state index contributed by atoms with van der Waals surface area (Å²) in [4.78, 5) is 28.0. The minimum absolute atomic E-state index is 0. The van der Waals surface area contributed by atoms with Crippen LogP contribution in [0.5, 0.6) is 0 Å². The number of hydrogen-bond donors (Lipinski definition) is 3. The summed E-state index contributed by atoms with van der Waals surface area (Å²) in [6.45, 7) is 1.20. The van der Waals surface area contributed by atoms with Crippen molar-refractivity contribution in [2.45, 2.75) is 37.8 Å². The van der Waals surface area contributed by atoms with Crippen LogP contribution < -0.4 is 0 Å². The van der Waals surface area contributed by atoms with Crippen LogP contribution in [0, 0.1) is 0 Å². The van der Waals surface area contributed by atoms with Crippen molar-refractivity contribution in [2.24, 2.45) is 0 Å². The zero-order chi connectivity index (χ0) is 8.56. The summed E-state index contributed by atoms with van der Waals surface area (Å²) in [7, 11) is -4.21. The van der Waals surface area contributed by atoms with Crippen LogP contribution in [0.2, 0.25) is 0 Å². The predicted molar refractivity (Wildman–Crippen MR) is 53.5 cm³/mol. The molecule has 1 saturated carbocycles. The molecule has 70 valence electrons. The van der Waals surface area contributed by atoms with Crippen LogP contribution in [0.4, 0.5) is 0 Å². The van der Waals surface area contributed by atoms with E-state index in [2.05, 4.69) is 0 Å². The third kappa shape index (κ3) is 4.01. The molecule has 0 aromatic heterocycles. The number of rotatable bonds is 1. The van der Waals surface area contributed by atoms with E-state index in [0.717, 1.165) is 32.1 Å².